The summed E-state index contributed by atoms with van der Waals surface area (Å²) in [6.07, 6.45) is 0.545. The fraction of sp³-hybridized carbons (Fsp3) is 0.368. The minimum atomic E-state index is -0.841. The van der Waals surface area contributed by atoms with Gasteiger partial charge in [-0.25, -0.2) is 0 Å². The Kier molecular flexibility index (Phi) is 3.27. The molecule has 1 N–H and O–H groups in total. The molecule has 1 amide bonds. The van der Waals surface area contributed by atoms with Gasteiger partial charge in [0.05, 0.1) is 6.61 Å². The number of hydrogen-bond acceptors (Lipinski definition) is 4. The molecule has 5 heteroatoms. The van der Waals surface area contributed by atoms with Gasteiger partial charge in [0.2, 0.25) is 5.91 Å². The SMILES string of the molecule is CCOC(=O)C1C(=O)NC2(C)CC1c1c(ccc3ccccc13)O2. The summed E-state index contributed by atoms with van der Waals surface area (Å²) in [7, 11) is 0. The summed E-state index contributed by atoms with van der Waals surface area (Å²) >= 11 is 0. The van der Waals surface area contributed by atoms with Gasteiger partial charge in [0, 0.05) is 17.9 Å². The molecule has 2 bridgehead atoms. The number of hydrogen-bond donors (Lipinski definition) is 1. The summed E-state index contributed by atoms with van der Waals surface area (Å²) in [5, 5.41) is 4.93. The standard InChI is InChI=1S/C19H19NO4/c1-3-23-18(22)16-13-10-19(2,20-17(16)21)24-14-9-8-11-6-4-5-7-12(11)15(13)14/h4-9,13,16H,3,10H2,1-2H3,(H,20,21). The van der Waals surface area contributed by atoms with E-state index in [-0.39, 0.29) is 18.4 Å². The first-order valence-electron chi connectivity index (χ1n) is 8.22. The number of carbonyl (C=O) groups is 2. The van der Waals surface area contributed by atoms with Crippen molar-refractivity contribution in [1.29, 1.82) is 0 Å². The van der Waals surface area contributed by atoms with E-state index in [2.05, 4.69) is 5.32 Å². The van der Waals surface area contributed by atoms with Gasteiger partial charge in [-0.3, -0.25) is 9.59 Å². The van der Waals surface area contributed by atoms with Gasteiger partial charge in [-0.05, 0) is 30.7 Å². The number of esters is 1. The lowest BCUT2D eigenvalue weighted by atomic mass is 9.73. The smallest absolute Gasteiger partial charge is 0.319 e. The molecule has 0 aliphatic carbocycles. The minimum Gasteiger partial charge on any atom is -0.468 e. The molecular formula is C19H19NO4. The van der Waals surface area contributed by atoms with Crippen LogP contribution in [0, 0.1) is 5.92 Å². The van der Waals surface area contributed by atoms with Crippen LogP contribution in [0.25, 0.3) is 10.8 Å². The van der Waals surface area contributed by atoms with E-state index in [1.807, 2.05) is 43.3 Å². The van der Waals surface area contributed by atoms with Gasteiger partial charge in [-0.2, -0.15) is 0 Å². The molecule has 4 rings (SSSR count). The Hall–Kier alpha value is -2.56. The summed E-state index contributed by atoms with van der Waals surface area (Å²) < 4.78 is 11.2. The second kappa shape index (κ2) is 5.23. The van der Waals surface area contributed by atoms with Crippen molar-refractivity contribution in [3.63, 3.8) is 0 Å². The second-order valence-electron chi connectivity index (χ2n) is 6.56. The van der Waals surface area contributed by atoms with E-state index in [0.717, 1.165) is 22.1 Å². The molecule has 0 spiro atoms. The fourth-order valence-corrected chi connectivity index (χ4v) is 3.94. The van der Waals surface area contributed by atoms with Crippen LogP contribution in [-0.4, -0.2) is 24.2 Å². The number of ether oxygens (including phenoxy) is 2. The van der Waals surface area contributed by atoms with E-state index in [9.17, 15) is 9.59 Å². The molecule has 2 aliphatic heterocycles. The van der Waals surface area contributed by atoms with Crippen molar-refractivity contribution < 1.29 is 19.1 Å². The van der Waals surface area contributed by atoms with Gasteiger partial charge >= 0.3 is 5.97 Å². The van der Waals surface area contributed by atoms with Crippen molar-refractivity contribution in [2.75, 3.05) is 6.61 Å². The monoisotopic (exact) mass is 325 g/mol. The average molecular weight is 325 g/mol. The summed E-state index contributed by atoms with van der Waals surface area (Å²) in [5.74, 6) is -1.17. The highest BCUT2D eigenvalue weighted by molar-refractivity contribution is 6.01. The predicted octanol–water partition coefficient (Wildman–Crippen LogP) is 2.73. The Bertz CT molecular complexity index is 846. The van der Waals surface area contributed by atoms with Crippen molar-refractivity contribution in [2.24, 2.45) is 5.92 Å². The third-order valence-corrected chi connectivity index (χ3v) is 4.86. The summed E-state index contributed by atoms with van der Waals surface area (Å²) in [6.45, 7) is 3.85. The topological polar surface area (TPSA) is 64.6 Å². The van der Waals surface area contributed by atoms with E-state index in [1.54, 1.807) is 6.92 Å². The van der Waals surface area contributed by atoms with Gasteiger partial charge in [0.1, 0.15) is 11.7 Å². The first-order chi connectivity index (χ1) is 11.5. The van der Waals surface area contributed by atoms with E-state index < -0.39 is 17.6 Å². The van der Waals surface area contributed by atoms with Crippen LogP contribution in [0.3, 0.4) is 0 Å². The van der Waals surface area contributed by atoms with Crippen LogP contribution < -0.4 is 10.1 Å². The third-order valence-electron chi connectivity index (χ3n) is 4.86. The van der Waals surface area contributed by atoms with Crippen LogP contribution in [0.15, 0.2) is 36.4 Å². The van der Waals surface area contributed by atoms with Crippen LogP contribution in [-0.2, 0) is 14.3 Å². The number of rotatable bonds is 2. The fourth-order valence-electron chi connectivity index (χ4n) is 3.94. The second-order valence-corrected chi connectivity index (χ2v) is 6.56. The molecule has 2 aliphatic rings. The highest BCUT2D eigenvalue weighted by atomic mass is 16.5. The Labute approximate surface area is 139 Å². The zero-order valence-corrected chi connectivity index (χ0v) is 13.7. The normalized spacial score (nSPS) is 27.8. The molecule has 2 heterocycles. The summed E-state index contributed by atoms with van der Waals surface area (Å²) in [6, 6.07) is 11.9. The van der Waals surface area contributed by atoms with Crippen LogP contribution in [0.1, 0.15) is 31.7 Å². The van der Waals surface area contributed by atoms with E-state index in [1.165, 1.54) is 0 Å². The largest absolute Gasteiger partial charge is 0.468 e. The van der Waals surface area contributed by atoms with Gasteiger partial charge in [0.15, 0.2) is 5.72 Å². The van der Waals surface area contributed by atoms with Crippen molar-refractivity contribution in [1.82, 2.24) is 5.32 Å². The number of carbonyl (C=O) groups excluding carboxylic acids is 2. The molecule has 3 atom stereocenters. The number of nitrogens with one attached hydrogen (secondary N) is 1. The number of benzene rings is 2. The number of piperidine rings is 1. The zero-order chi connectivity index (χ0) is 16.9. The predicted molar refractivity (Wildman–Crippen MR) is 88.6 cm³/mol. The summed E-state index contributed by atoms with van der Waals surface area (Å²) in [4.78, 5) is 25.0. The molecule has 24 heavy (non-hydrogen) atoms. The highest BCUT2D eigenvalue weighted by Gasteiger charge is 2.52. The lowest BCUT2D eigenvalue weighted by molar-refractivity contribution is -0.160. The molecule has 2 aromatic rings. The van der Waals surface area contributed by atoms with Crippen LogP contribution in [0.5, 0.6) is 5.75 Å². The van der Waals surface area contributed by atoms with Crippen molar-refractivity contribution >= 4 is 22.6 Å². The van der Waals surface area contributed by atoms with E-state index >= 15 is 0 Å². The molecule has 5 nitrogen and oxygen atoms in total. The average Bonchev–Trinajstić information content (AvgIpc) is 2.53. The van der Waals surface area contributed by atoms with Crippen molar-refractivity contribution in [3.05, 3.63) is 42.0 Å². The van der Waals surface area contributed by atoms with E-state index in [0.29, 0.717) is 6.42 Å². The Balaban J connectivity index is 1.92. The van der Waals surface area contributed by atoms with Crippen molar-refractivity contribution in [2.45, 2.75) is 31.9 Å². The zero-order valence-electron chi connectivity index (χ0n) is 13.7. The van der Waals surface area contributed by atoms with Crippen LogP contribution >= 0.6 is 0 Å². The summed E-state index contributed by atoms with van der Waals surface area (Å²) in [5.41, 5.74) is 0.138. The van der Waals surface area contributed by atoms with Gasteiger partial charge in [-0.15, -0.1) is 0 Å². The molecule has 0 saturated carbocycles. The molecule has 124 valence electrons. The van der Waals surface area contributed by atoms with E-state index in [4.69, 9.17) is 9.47 Å². The lowest BCUT2D eigenvalue weighted by Gasteiger charge is -2.46. The third kappa shape index (κ3) is 2.15. The maximum Gasteiger partial charge on any atom is 0.319 e. The number of amides is 1. The lowest BCUT2D eigenvalue weighted by Crippen LogP contribution is -2.62. The maximum absolute atomic E-state index is 12.6. The molecule has 0 aromatic heterocycles. The maximum atomic E-state index is 12.6. The number of fused-ring (bicyclic) bond motifs is 6. The molecule has 1 saturated heterocycles. The van der Waals surface area contributed by atoms with Crippen molar-refractivity contribution in [3.8, 4) is 5.75 Å². The molecule has 3 unspecified atom stereocenters. The Morgan fingerprint density at radius 2 is 2.12 bits per heavy atom. The first kappa shape index (κ1) is 15.0. The van der Waals surface area contributed by atoms with Crippen LogP contribution in [0.4, 0.5) is 0 Å². The van der Waals surface area contributed by atoms with Crippen LogP contribution in [0.2, 0.25) is 0 Å². The quantitative estimate of drug-likeness (QED) is 0.681. The first-order valence-corrected chi connectivity index (χ1v) is 8.22. The Morgan fingerprint density at radius 3 is 2.92 bits per heavy atom. The van der Waals surface area contributed by atoms with Gasteiger partial charge in [0.25, 0.3) is 0 Å². The molecular weight excluding hydrogens is 306 g/mol. The minimum absolute atomic E-state index is 0.252. The molecule has 1 fully saturated rings. The molecule has 2 aromatic carbocycles. The Morgan fingerprint density at radius 1 is 1.33 bits per heavy atom. The molecule has 0 radical (unpaired) electrons. The van der Waals surface area contributed by atoms with Gasteiger partial charge in [-0.1, -0.05) is 30.3 Å². The van der Waals surface area contributed by atoms with Gasteiger partial charge < -0.3 is 14.8 Å². The highest BCUT2D eigenvalue weighted by Crippen LogP contribution is 2.49.